The van der Waals surface area contributed by atoms with Crippen molar-refractivity contribution in [2.45, 2.75) is 31.5 Å². The molecule has 20 heavy (non-hydrogen) atoms. The van der Waals surface area contributed by atoms with E-state index < -0.39 is 41.0 Å². The number of hydrogen-bond donors (Lipinski definition) is 1. The van der Waals surface area contributed by atoms with Crippen LogP contribution in [0.2, 0.25) is 0 Å². The summed E-state index contributed by atoms with van der Waals surface area (Å²) in [6.07, 6.45) is -4.59. The third-order valence-electron chi connectivity index (χ3n) is 4.10. The van der Waals surface area contributed by atoms with Crippen molar-refractivity contribution >= 4 is 0 Å². The van der Waals surface area contributed by atoms with Crippen molar-refractivity contribution in [1.82, 2.24) is 0 Å². The van der Waals surface area contributed by atoms with Gasteiger partial charge in [0.15, 0.2) is 17.2 Å². The predicted molar refractivity (Wildman–Crippen MR) is 60.3 cm³/mol. The highest BCUT2D eigenvalue weighted by Gasteiger charge is 2.61. The van der Waals surface area contributed by atoms with Gasteiger partial charge in [0.25, 0.3) is 0 Å². The van der Waals surface area contributed by atoms with Gasteiger partial charge in [0, 0.05) is 17.4 Å². The quantitative estimate of drug-likeness (QED) is 0.800. The van der Waals surface area contributed by atoms with Crippen LogP contribution in [0, 0.1) is 17.6 Å². The Bertz CT molecular complexity index is 528. The van der Waals surface area contributed by atoms with E-state index in [1.165, 1.54) is 6.92 Å². The summed E-state index contributed by atoms with van der Waals surface area (Å²) in [7, 11) is 0. The van der Waals surface area contributed by atoms with Crippen molar-refractivity contribution in [2.24, 2.45) is 5.92 Å². The molecule has 0 aromatic heterocycles. The molecule has 0 saturated carbocycles. The van der Waals surface area contributed by atoms with E-state index in [0.29, 0.717) is 0 Å². The molecule has 3 atom stereocenters. The number of rotatable bonds is 1. The molecule has 0 spiro atoms. The summed E-state index contributed by atoms with van der Waals surface area (Å²) < 4.78 is 70.1. The molecule has 1 aliphatic rings. The van der Waals surface area contributed by atoms with Gasteiger partial charge in [-0.3, -0.25) is 0 Å². The summed E-state index contributed by atoms with van der Waals surface area (Å²) in [6, 6.07) is 1.86. The standard InChI is InChI=1S/C13H13F5O2/c1-6-8(5-20-12(6,2)13(16,17)18)7-3-4-9(14)10(15)11(7)19/h3-4,6,8,19H,5H2,1-2H3/t6-,8+,12-/m0/s1. The van der Waals surface area contributed by atoms with Crippen LogP contribution in [0.4, 0.5) is 22.0 Å². The molecule has 1 aromatic rings. The molecule has 2 nitrogen and oxygen atoms in total. The van der Waals surface area contributed by atoms with Gasteiger partial charge in [-0.15, -0.1) is 0 Å². The zero-order chi connectivity index (χ0) is 15.3. The molecule has 1 saturated heterocycles. The van der Waals surface area contributed by atoms with E-state index in [-0.39, 0.29) is 12.2 Å². The SMILES string of the molecule is C[C@H]1[C@H](c2ccc(F)c(F)c2O)CO[C@]1(C)C(F)(F)F. The Morgan fingerprint density at radius 3 is 2.40 bits per heavy atom. The first-order chi connectivity index (χ1) is 9.09. The van der Waals surface area contributed by atoms with Crippen molar-refractivity contribution in [3.8, 4) is 5.75 Å². The lowest BCUT2D eigenvalue weighted by Gasteiger charge is -2.32. The summed E-state index contributed by atoms with van der Waals surface area (Å²) in [4.78, 5) is 0. The maximum absolute atomic E-state index is 13.3. The van der Waals surface area contributed by atoms with Crippen molar-refractivity contribution in [1.29, 1.82) is 0 Å². The van der Waals surface area contributed by atoms with Crippen molar-refractivity contribution in [3.05, 3.63) is 29.3 Å². The van der Waals surface area contributed by atoms with Crippen LogP contribution >= 0.6 is 0 Å². The predicted octanol–water partition coefficient (Wildman–Crippen LogP) is 3.74. The fraction of sp³-hybridized carbons (Fsp3) is 0.538. The summed E-state index contributed by atoms with van der Waals surface area (Å²) in [5, 5.41) is 9.58. The Kier molecular flexibility index (Phi) is 3.44. The molecule has 7 heteroatoms. The van der Waals surface area contributed by atoms with Crippen LogP contribution < -0.4 is 0 Å². The van der Waals surface area contributed by atoms with E-state index in [4.69, 9.17) is 4.74 Å². The van der Waals surface area contributed by atoms with Gasteiger partial charge in [0.05, 0.1) is 6.61 Å². The molecule has 0 aliphatic carbocycles. The average molecular weight is 296 g/mol. The van der Waals surface area contributed by atoms with Crippen LogP contribution in [0.25, 0.3) is 0 Å². The third-order valence-corrected chi connectivity index (χ3v) is 4.10. The minimum Gasteiger partial charge on any atom is -0.505 e. The summed E-state index contributed by atoms with van der Waals surface area (Å²) >= 11 is 0. The van der Waals surface area contributed by atoms with Crippen molar-refractivity contribution < 1.29 is 31.8 Å². The molecule has 112 valence electrons. The Balaban J connectivity index is 2.40. The van der Waals surface area contributed by atoms with Crippen LogP contribution in [-0.2, 0) is 4.74 Å². The van der Waals surface area contributed by atoms with E-state index in [1.54, 1.807) is 0 Å². The fourth-order valence-electron chi connectivity index (χ4n) is 2.48. The number of phenolic OH excluding ortho intramolecular Hbond substituents is 1. The maximum atomic E-state index is 13.3. The Morgan fingerprint density at radius 1 is 1.30 bits per heavy atom. The highest BCUT2D eigenvalue weighted by Crippen LogP contribution is 2.51. The molecule has 0 radical (unpaired) electrons. The van der Waals surface area contributed by atoms with E-state index in [1.807, 2.05) is 0 Å². The number of phenols is 1. The lowest BCUT2D eigenvalue weighted by atomic mass is 9.79. The molecule has 0 unspecified atom stereocenters. The van der Waals surface area contributed by atoms with Crippen LogP contribution in [0.3, 0.4) is 0 Å². The van der Waals surface area contributed by atoms with Crippen LogP contribution in [0.15, 0.2) is 12.1 Å². The van der Waals surface area contributed by atoms with Gasteiger partial charge < -0.3 is 9.84 Å². The lowest BCUT2D eigenvalue weighted by molar-refractivity contribution is -0.266. The molecule has 1 aromatic carbocycles. The number of hydrogen-bond acceptors (Lipinski definition) is 2. The summed E-state index contributed by atoms with van der Waals surface area (Å²) in [6.45, 7) is 1.90. The molecule has 1 heterocycles. The molecule has 0 amide bonds. The van der Waals surface area contributed by atoms with Gasteiger partial charge in [-0.05, 0) is 13.0 Å². The van der Waals surface area contributed by atoms with Crippen LogP contribution in [0.1, 0.15) is 25.3 Å². The molecule has 1 fully saturated rings. The molecule has 2 rings (SSSR count). The Morgan fingerprint density at radius 2 is 1.90 bits per heavy atom. The molecule has 0 bridgehead atoms. The van der Waals surface area contributed by atoms with Gasteiger partial charge in [0.2, 0.25) is 5.82 Å². The third kappa shape index (κ3) is 2.04. The summed E-state index contributed by atoms with van der Waals surface area (Å²) in [5.74, 6) is -5.58. The van der Waals surface area contributed by atoms with Crippen LogP contribution in [0.5, 0.6) is 5.75 Å². The monoisotopic (exact) mass is 296 g/mol. The van der Waals surface area contributed by atoms with Crippen molar-refractivity contribution in [2.75, 3.05) is 6.61 Å². The number of halogens is 5. The highest BCUT2D eigenvalue weighted by atomic mass is 19.4. The second-order valence-electron chi connectivity index (χ2n) is 5.11. The van der Waals surface area contributed by atoms with E-state index >= 15 is 0 Å². The second-order valence-corrected chi connectivity index (χ2v) is 5.11. The lowest BCUT2D eigenvalue weighted by Crippen LogP contribution is -2.46. The Hall–Kier alpha value is -1.37. The molecule has 1 aliphatic heterocycles. The minimum atomic E-state index is -4.59. The van der Waals surface area contributed by atoms with Crippen LogP contribution in [-0.4, -0.2) is 23.5 Å². The number of alkyl halides is 3. The first kappa shape index (κ1) is 15.0. The molecular formula is C13H13F5O2. The van der Waals surface area contributed by atoms with Crippen molar-refractivity contribution in [3.63, 3.8) is 0 Å². The van der Waals surface area contributed by atoms with E-state index in [9.17, 15) is 27.1 Å². The average Bonchev–Trinajstić information content (AvgIpc) is 2.65. The normalized spacial score (nSPS) is 30.8. The Labute approximate surface area is 112 Å². The van der Waals surface area contributed by atoms with Gasteiger partial charge in [0.1, 0.15) is 0 Å². The van der Waals surface area contributed by atoms with E-state index in [2.05, 4.69) is 0 Å². The smallest absolute Gasteiger partial charge is 0.417 e. The van der Waals surface area contributed by atoms with Gasteiger partial charge >= 0.3 is 6.18 Å². The minimum absolute atomic E-state index is 0.0793. The summed E-state index contributed by atoms with van der Waals surface area (Å²) in [5.41, 5.74) is -2.46. The largest absolute Gasteiger partial charge is 0.505 e. The second kappa shape index (κ2) is 4.58. The number of ether oxygens (including phenoxy) is 1. The molecule has 1 N–H and O–H groups in total. The topological polar surface area (TPSA) is 29.5 Å². The van der Waals surface area contributed by atoms with E-state index in [0.717, 1.165) is 19.1 Å². The molecular weight excluding hydrogens is 283 g/mol. The van der Waals surface area contributed by atoms with Gasteiger partial charge in [-0.2, -0.15) is 17.6 Å². The first-order valence-electron chi connectivity index (χ1n) is 5.97. The zero-order valence-electron chi connectivity index (χ0n) is 10.8. The number of aromatic hydroxyl groups is 1. The number of benzene rings is 1. The maximum Gasteiger partial charge on any atom is 0.417 e. The zero-order valence-corrected chi connectivity index (χ0v) is 10.8. The fourth-order valence-corrected chi connectivity index (χ4v) is 2.48. The van der Waals surface area contributed by atoms with Gasteiger partial charge in [-0.25, -0.2) is 4.39 Å². The highest BCUT2D eigenvalue weighted by molar-refractivity contribution is 5.38. The first-order valence-corrected chi connectivity index (χ1v) is 5.97. The van der Waals surface area contributed by atoms with Gasteiger partial charge in [-0.1, -0.05) is 13.0 Å².